The topological polar surface area (TPSA) is 205 Å². The number of likely N-dealkylation sites (tertiary alicyclic amines) is 1. The second-order valence-corrected chi connectivity index (χ2v) is 12.2. The van der Waals surface area contributed by atoms with Crippen LogP contribution in [0.5, 0.6) is 0 Å². The quantitative estimate of drug-likeness (QED) is 0.0806. The van der Waals surface area contributed by atoms with Crippen LogP contribution >= 0.6 is 0 Å². The minimum absolute atomic E-state index is 0.0659. The summed E-state index contributed by atoms with van der Waals surface area (Å²) in [6.07, 6.45) is 3.98. The van der Waals surface area contributed by atoms with Crippen molar-refractivity contribution >= 4 is 52.4 Å². The first-order chi connectivity index (χ1) is 23.5. The minimum atomic E-state index is -0.930. The Morgan fingerprint density at radius 1 is 1.04 bits per heavy atom. The molecular weight excluding hydrogens is 624 g/mol. The van der Waals surface area contributed by atoms with Crippen LogP contribution in [0.4, 0.5) is 17.1 Å². The Balaban J connectivity index is 1.26. The van der Waals surface area contributed by atoms with Gasteiger partial charge in [-0.3, -0.25) is 24.2 Å². The maximum Gasteiger partial charge on any atom is 0.283 e. The summed E-state index contributed by atoms with van der Waals surface area (Å²) < 4.78 is 1.85. The highest BCUT2D eigenvalue weighted by Crippen LogP contribution is 2.27. The Bertz CT molecular complexity index is 1760. The highest BCUT2D eigenvalue weighted by molar-refractivity contribution is 6.53. The number of nitrogens with two attached hydrogens (primary N) is 3. The molecule has 0 saturated carbocycles. The lowest BCUT2D eigenvalue weighted by Crippen LogP contribution is -2.54. The van der Waals surface area contributed by atoms with Crippen molar-refractivity contribution < 1.29 is 23.7 Å². The predicted molar refractivity (Wildman–Crippen MR) is 187 cm³/mol. The van der Waals surface area contributed by atoms with E-state index in [-0.39, 0.29) is 30.7 Å². The van der Waals surface area contributed by atoms with Gasteiger partial charge in [0.25, 0.3) is 11.6 Å². The van der Waals surface area contributed by atoms with Crippen LogP contribution in [0, 0.1) is 0 Å². The van der Waals surface area contributed by atoms with Crippen LogP contribution in [0.15, 0.2) is 82.9 Å². The molecule has 3 heterocycles. The Morgan fingerprint density at radius 2 is 1.78 bits per heavy atom. The first-order valence-corrected chi connectivity index (χ1v) is 16.3. The summed E-state index contributed by atoms with van der Waals surface area (Å²) in [6.45, 7) is 0.678. The fourth-order valence-corrected chi connectivity index (χ4v) is 6.12. The van der Waals surface area contributed by atoms with Crippen LogP contribution in [-0.2, 0) is 32.6 Å². The zero-order chi connectivity index (χ0) is 35.1. The lowest BCUT2D eigenvalue weighted by Gasteiger charge is -2.28. The van der Waals surface area contributed by atoms with Crippen molar-refractivity contribution in [1.82, 2.24) is 10.2 Å². The van der Waals surface area contributed by atoms with E-state index < -0.39 is 29.9 Å². The molecule has 14 nitrogen and oxygen atoms in total. The van der Waals surface area contributed by atoms with Gasteiger partial charge in [-0.2, -0.15) is 4.57 Å². The number of hydrogen-bond donors (Lipinski definition) is 5. The van der Waals surface area contributed by atoms with Gasteiger partial charge in [-0.15, -0.1) is 0 Å². The molecule has 2 aliphatic heterocycles. The Morgan fingerprint density at radius 3 is 2.49 bits per heavy atom. The van der Waals surface area contributed by atoms with E-state index in [0.29, 0.717) is 55.0 Å². The largest absolute Gasteiger partial charge is 0.370 e. The number of carbonyl (C=O) groups excluding carboxylic acids is 4. The summed E-state index contributed by atoms with van der Waals surface area (Å²) in [4.78, 5) is 65.1. The molecule has 1 aromatic heterocycles. The second-order valence-electron chi connectivity index (χ2n) is 12.2. The standard InChI is InChI=1S/C35H42N10O4/c1-43-19-7-12-27-30(43)29(34(49)44(27)2)40-23-14-16-24(17-15-23)41-31(46)26(11-6-18-39-35(37)38)42-32(47)28-13-8-20-45(28)33(48)25(36)21-22-9-4-3-5-10-22/h3-5,7,9-10,12,14-17,19,25-26,28H,6,8,11,13,18,20-21,36H2,1-2H3,(H5,37,38,39,42,47)/p+1/t25-,26+,28+/m1/s1. The third-order valence-electron chi connectivity index (χ3n) is 8.66. The summed E-state index contributed by atoms with van der Waals surface area (Å²) in [5.74, 6) is -1.45. The van der Waals surface area contributed by atoms with E-state index in [2.05, 4.69) is 20.6 Å². The van der Waals surface area contributed by atoms with Gasteiger partial charge in [-0.25, -0.2) is 4.99 Å². The smallest absolute Gasteiger partial charge is 0.283 e. The molecule has 4 amide bonds. The number of amides is 4. The first kappa shape index (κ1) is 34.7. The monoisotopic (exact) mass is 667 g/mol. The molecule has 2 aromatic carbocycles. The molecule has 0 unspecified atom stereocenters. The molecule has 0 bridgehead atoms. The van der Waals surface area contributed by atoms with Crippen molar-refractivity contribution in [2.45, 2.75) is 50.2 Å². The zero-order valence-corrected chi connectivity index (χ0v) is 27.7. The maximum absolute atomic E-state index is 13.6. The lowest BCUT2D eigenvalue weighted by molar-refractivity contribution is -0.671. The zero-order valence-electron chi connectivity index (χ0n) is 27.7. The first-order valence-electron chi connectivity index (χ1n) is 16.3. The van der Waals surface area contributed by atoms with E-state index in [0.717, 1.165) is 11.3 Å². The van der Waals surface area contributed by atoms with E-state index in [4.69, 9.17) is 17.2 Å². The number of hydrogen-bond acceptors (Lipinski definition) is 7. The van der Waals surface area contributed by atoms with Gasteiger partial charge < -0.3 is 37.6 Å². The number of carbonyl (C=O) groups is 4. The van der Waals surface area contributed by atoms with Crippen molar-refractivity contribution in [3.8, 4) is 0 Å². The summed E-state index contributed by atoms with van der Waals surface area (Å²) in [7, 11) is 3.56. The molecule has 8 N–H and O–H groups in total. The Labute approximate surface area is 285 Å². The number of benzene rings is 2. The molecule has 0 aliphatic carbocycles. The molecule has 3 aromatic rings. The molecule has 49 heavy (non-hydrogen) atoms. The number of aryl methyl sites for hydroxylation is 1. The highest BCUT2D eigenvalue weighted by Gasteiger charge is 2.39. The van der Waals surface area contributed by atoms with Gasteiger partial charge in [-0.1, -0.05) is 30.3 Å². The molecule has 1 saturated heterocycles. The molecular formula is C35H43N10O4+. The minimum Gasteiger partial charge on any atom is -0.370 e. The van der Waals surface area contributed by atoms with Gasteiger partial charge in [0.2, 0.25) is 23.4 Å². The van der Waals surface area contributed by atoms with Crippen LogP contribution < -0.4 is 37.3 Å². The summed E-state index contributed by atoms with van der Waals surface area (Å²) in [5, 5.41) is 5.72. The third kappa shape index (κ3) is 8.27. The fraction of sp³-hybridized carbons (Fsp3) is 0.343. The van der Waals surface area contributed by atoms with E-state index in [1.165, 1.54) is 4.90 Å². The van der Waals surface area contributed by atoms with Gasteiger partial charge >= 0.3 is 0 Å². The summed E-state index contributed by atoms with van der Waals surface area (Å²) in [5.41, 5.74) is 20.9. The number of likely N-dealkylation sites (N-methyl/N-ethyl adjacent to an activating group) is 1. The van der Waals surface area contributed by atoms with Crippen LogP contribution in [0.3, 0.4) is 0 Å². The number of fused-ring (bicyclic) bond motifs is 1. The normalized spacial score (nSPS) is 17.4. The van der Waals surface area contributed by atoms with Crippen molar-refractivity contribution in [2.75, 3.05) is 30.4 Å². The maximum atomic E-state index is 13.6. The van der Waals surface area contributed by atoms with Crippen molar-refractivity contribution in [3.05, 3.63) is 84.2 Å². The lowest BCUT2D eigenvalue weighted by atomic mass is 10.0. The average molecular weight is 668 g/mol. The number of nitrogens with one attached hydrogen (secondary N) is 2. The molecule has 5 rings (SSSR count). The Kier molecular flexibility index (Phi) is 11.0. The van der Waals surface area contributed by atoms with E-state index in [1.807, 2.05) is 60.3 Å². The van der Waals surface area contributed by atoms with Crippen LogP contribution in [0.25, 0.3) is 0 Å². The number of aromatic nitrogens is 1. The number of aliphatic imine (C=N–C) groups is 2. The Hall–Kier alpha value is -5.63. The number of pyridine rings is 1. The number of anilines is 2. The van der Waals surface area contributed by atoms with Gasteiger partial charge in [-0.05, 0) is 68.0 Å². The van der Waals surface area contributed by atoms with E-state index in [9.17, 15) is 19.2 Å². The van der Waals surface area contributed by atoms with E-state index in [1.54, 1.807) is 36.2 Å². The van der Waals surface area contributed by atoms with Gasteiger partial charge in [0.15, 0.2) is 12.2 Å². The second kappa shape index (κ2) is 15.5. The molecule has 1 fully saturated rings. The molecule has 14 heteroatoms. The van der Waals surface area contributed by atoms with Crippen LogP contribution in [0.1, 0.15) is 36.9 Å². The van der Waals surface area contributed by atoms with Crippen LogP contribution in [0.2, 0.25) is 0 Å². The fourth-order valence-electron chi connectivity index (χ4n) is 6.12. The molecule has 256 valence electrons. The molecule has 3 atom stereocenters. The van der Waals surface area contributed by atoms with Crippen molar-refractivity contribution in [3.63, 3.8) is 0 Å². The van der Waals surface area contributed by atoms with Crippen molar-refractivity contribution in [1.29, 1.82) is 0 Å². The molecule has 2 aliphatic rings. The van der Waals surface area contributed by atoms with Gasteiger partial charge in [0, 0.05) is 31.9 Å². The highest BCUT2D eigenvalue weighted by atomic mass is 16.2. The number of guanidine groups is 1. The number of nitrogens with zero attached hydrogens (tertiary/aromatic N) is 5. The molecule has 0 spiro atoms. The molecule has 0 radical (unpaired) electrons. The number of rotatable bonds is 12. The third-order valence-corrected chi connectivity index (χ3v) is 8.66. The SMILES string of the molecule is CN1C(=O)C(=Nc2ccc(NC(=O)[C@H](CCCN=C(N)N)NC(=O)[C@@H]3CCCN3C(=O)[C@H](N)Cc3ccccc3)cc2)c2c1ccc[n+]2C. The van der Waals surface area contributed by atoms with Gasteiger partial charge in [0.1, 0.15) is 24.8 Å². The van der Waals surface area contributed by atoms with Gasteiger partial charge in [0.05, 0.1) is 11.7 Å². The summed E-state index contributed by atoms with van der Waals surface area (Å²) in [6, 6.07) is 17.5. The predicted octanol–water partition coefficient (Wildman–Crippen LogP) is 0.646. The van der Waals surface area contributed by atoms with Crippen molar-refractivity contribution in [2.24, 2.45) is 34.2 Å². The van der Waals surface area contributed by atoms with E-state index >= 15 is 0 Å². The average Bonchev–Trinajstić information content (AvgIpc) is 3.67. The van der Waals surface area contributed by atoms with Crippen LogP contribution in [-0.4, -0.2) is 78.5 Å². The summed E-state index contributed by atoms with van der Waals surface area (Å²) >= 11 is 0.